The molecule has 0 amide bonds. The number of aryl methyl sites for hydroxylation is 1. The lowest BCUT2D eigenvalue weighted by Crippen LogP contribution is -2.58. The molecule has 0 N–H and O–H groups in total. The molecule has 2 aliphatic rings. The molecule has 59 heavy (non-hydrogen) atoms. The van der Waals surface area contributed by atoms with Crippen molar-refractivity contribution < 1.29 is 28.4 Å². The Labute approximate surface area is 354 Å². The molecule has 0 radical (unpaired) electrons. The molecule has 6 aromatic carbocycles. The summed E-state index contributed by atoms with van der Waals surface area (Å²) in [6.45, 7) is 6.69. The monoisotopic (exact) mass is 808 g/mol. The van der Waals surface area contributed by atoms with Gasteiger partial charge in [-0.2, -0.15) is 0 Å². The van der Waals surface area contributed by atoms with Gasteiger partial charge >= 0.3 is 0 Å². The van der Waals surface area contributed by atoms with E-state index in [-0.39, 0.29) is 12.5 Å². The van der Waals surface area contributed by atoms with Gasteiger partial charge < -0.3 is 28.4 Å². The van der Waals surface area contributed by atoms with Gasteiger partial charge in [-0.3, -0.25) is 0 Å². The van der Waals surface area contributed by atoms with Gasteiger partial charge in [0.1, 0.15) is 36.3 Å². The number of ether oxygens (including phenoxy) is 6. The minimum absolute atomic E-state index is 0.0808. The van der Waals surface area contributed by atoms with Crippen LogP contribution in [0.5, 0.6) is 5.75 Å². The van der Waals surface area contributed by atoms with E-state index in [1.54, 1.807) is 0 Å². The summed E-state index contributed by atoms with van der Waals surface area (Å²) in [5.41, 5.74) is 9.74. The van der Waals surface area contributed by atoms with E-state index in [4.69, 9.17) is 40.0 Å². The van der Waals surface area contributed by atoms with E-state index >= 15 is 0 Å². The molecule has 304 valence electrons. The predicted molar refractivity (Wildman–Crippen MR) is 233 cm³/mol. The third-order valence-electron chi connectivity index (χ3n) is 11.4. The number of halogens is 1. The first-order valence-electron chi connectivity index (χ1n) is 20.8. The maximum Gasteiger partial charge on any atom is 0.142 e. The van der Waals surface area contributed by atoms with E-state index in [9.17, 15) is 0 Å². The average molecular weight is 809 g/mol. The van der Waals surface area contributed by atoms with Crippen molar-refractivity contribution in [1.29, 1.82) is 0 Å². The van der Waals surface area contributed by atoms with Crippen molar-refractivity contribution in [2.45, 2.75) is 89.6 Å². The van der Waals surface area contributed by atoms with Gasteiger partial charge in [0.2, 0.25) is 0 Å². The van der Waals surface area contributed by atoms with Crippen LogP contribution in [0.3, 0.4) is 0 Å². The SMILES string of the molecule is CCc1ccc(Cc2cc([C@@H]3O[C@H](COCc4ccccc4)[C@@H](OCc4ccccc4)[C@H](OCc4ccccc4)[C@H]3OCc3ccccc3)c3c(c2Cl)OCC3C)cc1. The Bertz CT molecular complexity index is 2200. The molecule has 0 aromatic heterocycles. The summed E-state index contributed by atoms with van der Waals surface area (Å²) < 4.78 is 41.5. The van der Waals surface area contributed by atoms with Crippen molar-refractivity contribution in [3.8, 4) is 5.75 Å². The van der Waals surface area contributed by atoms with Crippen molar-refractivity contribution in [2.24, 2.45) is 0 Å². The van der Waals surface area contributed by atoms with Crippen LogP contribution in [0.2, 0.25) is 5.02 Å². The minimum Gasteiger partial charge on any atom is -0.491 e. The van der Waals surface area contributed by atoms with Crippen molar-refractivity contribution in [3.05, 3.63) is 207 Å². The topological polar surface area (TPSA) is 55.4 Å². The van der Waals surface area contributed by atoms with Gasteiger partial charge in [0.05, 0.1) is 44.7 Å². The fourth-order valence-corrected chi connectivity index (χ4v) is 8.46. The highest BCUT2D eigenvalue weighted by molar-refractivity contribution is 6.33. The maximum absolute atomic E-state index is 7.39. The van der Waals surface area contributed by atoms with E-state index in [0.717, 1.165) is 51.1 Å². The van der Waals surface area contributed by atoms with Gasteiger partial charge in [-0.05, 0) is 57.3 Å². The quantitative estimate of drug-likeness (QED) is 0.0915. The molecule has 1 fully saturated rings. The van der Waals surface area contributed by atoms with Crippen LogP contribution in [-0.2, 0) is 63.0 Å². The van der Waals surface area contributed by atoms with E-state index in [0.29, 0.717) is 44.5 Å². The zero-order chi connectivity index (χ0) is 40.4. The molecule has 6 atom stereocenters. The van der Waals surface area contributed by atoms with Crippen molar-refractivity contribution in [2.75, 3.05) is 13.2 Å². The summed E-state index contributed by atoms with van der Waals surface area (Å²) in [6, 6.07) is 51.9. The van der Waals surface area contributed by atoms with E-state index < -0.39 is 30.5 Å². The molecule has 7 heteroatoms. The Hall–Kier alpha value is -4.79. The first-order valence-corrected chi connectivity index (χ1v) is 21.2. The van der Waals surface area contributed by atoms with Gasteiger partial charge in [-0.25, -0.2) is 0 Å². The molecule has 0 spiro atoms. The van der Waals surface area contributed by atoms with Gasteiger partial charge in [0.15, 0.2) is 0 Å². The van der Waals surface area contributed by atoms with Crippen molar-refractivity contribution in [1.82, 2.24) is 0 Å². The molecule has 0 aliphatic carbocycles. The second-order valence-corrected chi connectivity index (χ2v) is 16.0. The smallest absolute Gasteiger partial charge is 0.142 e. The first kappa shape index (κ1) is 41.0. The summed E-state index contributed by atoms with van der Waals surface area (Å²) in [5, 5.41) is 0.647. The molecule has 8 rings (SSSR count). The van der Waals surface area contributed by atoms with Crippen LogP contribution in [0.1, 0.15) is 75.9 Å². The first-order chi connectivity index (χ1) is 29.0. The summed E-state index contributed by atoms with van der Waals surface area (Å²) in [4.78, 5) is 0. The third-order valence-corrected chi connectivity index (χ3v) is 11.8. The zero-order valence-corrected chi connectivity index (χ0v) is 34.6. The molecule has 1 saturated heterocycles. The molecule has 6 nitrogen and oxygen atoms in total. The van der Waals surface area contributed by atoms with Crippen LogP contribution in [0.25, 0.3) is 0 Å². The number of hydrogen-bond acceptors (Lipinski definition) is 6. The number of benzene rings is 6. The van der Waals surface area contributed by atoms with Crippen LogP contribution >= 0.6 is 11.6 Å². The van der Waals surface area contributed by atoms with Crippen LogP contribution in [0, 0.1) is 0 Å². The largest absolute Gasteiger partial charge is 0.491 e. The summed E-state index contributed by atoms with van der Waals surface area (Å²) in [5.74, 6) is 0.806. The lowest BCUT2D eigenvalue weighted by molar-refractivity contribution is -0.275. The molecule has 0 saturated carbocycles. The highest BCUT2D eigenvalue weighted by Gasteiger charge is 2.50. The highest BCUT2D eigenvalue weighted by atomic mass is 35.5. The Morgan fingerprint density at radius 3 is 1.61 bits per heavy atom. The van der Waals surface area contributed by atoms with E-state index in [1.165, 1.54) is 11.1 Å². The third kappa shape index (κ3) is 10.2. The fourth-order valence-electron chi connectivity index (χ4n) is 8.18. The van der Waals surface area contributed by atoms with Gasteiger partial charge in [0.25, 0.3) is 0 Å². The molecule has 6 aromatic rings. The Morgan fingerprint density at radius 1 is 0.576 bits per heavy atom. The summed E-state index contributed by atoms with van der Waals surface area (Å²) >= 11 is 7.28. The number of hydrogen-bond donors (Lipinski definition) is 0. The second-order valence-electron chi connectivity index (χ2n) is 15.6. The predicted octanol–water partition coefficient (Wildman–Crippen LogP) is 11.4. The van der Waals surface area contributed by atoms with Crippen LogP contribution < -0.4 is 4.74 Å². The highest BCUT2D eigenvalue weighted by Crippen LogP contribution is 2.49. The lowest BCUT2D eigenvalue weighted by Gasteiger charge is -2.47. The molecule has 2 heterocycles. The summed E-state index contributed by atoms with van der Waals surface area (Å²) in [7, 11) is 0. The van der Waals surface area contributed by atoms with Crippen LogP contribution in [0.4, 0.5) is 0 Å². The zero-order valence-electron chi connectivity index (χ0n) is 33.9. The standard InChI is InChI=1S/C52H53ClO6/c1-3-37-24-26-38(27-25-37)28-43-29-44(46-36(2)30-55-50(46)47(43)53)48-51(57-33-41-20-12-6-13-21-41)52(58-34-42-22-14-7-15-23-42)49(56-32-40-18-10-5-11-19-40)45(59-48)35-54-31-39-16-8-4-9-17-39/h4-27,29,36,45,48-49,51-52H,3,28,30-35H2,1-2H3/t36?,45-,48+,49-,51+,52+/m1/s1. The van der Waals surface area contributed by atoms with E-state index in [2.05, 4.69) is 92.7 Å². The molecule has 0 bridgehead atoms. The Kier molecular flexibility index (Phi) is 13.9. The average Bonchev–Trinajstić information content (AvgIpc) is 3.68. The minimum atomic E-state index is -0.583. The van der Waals surface area contributed by atoms with Gasteiger partial charge in [-0.1, -0.05) is 177 Å². The normalized spacial score (nSPS) is 21.2. The second kappa shape index (κ2) is 20.0. The number of rotatable bonds is 17. The molecule has 1 unspecified atom stereocenters. The van der Waals surface area contributed by atoms with Crippen LogP contribution in [0.15, 0.2) is 152 Å². The maximum atomic E-state index is 7.39. The molecular formula is C52H53ClO6. The van der Waals surface area contributed by atoms with Crippen LogP contribution in [-0.4, -0.2) is 37.6 Å². The van der Waals surface area contributed by atoms with Gasteiger partial charge in [0, 0.05) is 11.5 Å². The molecule has 2 aliphatic heterocycles. The van der Waals surface area contributed by atoms with E-state index in [1.807, 2.05) is 72.8 Å². The summed E-state index contributed by atoms with van der Waals surface area (Å²) in [6.07, 6.45) is -1.14. The van der Waals surface area contributed by atoms with Gasteiger partial charge in [-0.15, -0.1) is 0 Å². The number of fused-ring (bicyclic) bond motifs is 1. The molecular weight excluding hydrogens is 756 g/mol. The fraction of sp³-hybridized carbons (Fsp3) is 0.308. The Morgan fingerprint density at radius 2 is 1.07 bits per heavy atom. The van der Waals surface area contributed by atoms with Crippen molar-refractivity contribution >= 4 is 11.6 Å². The lowest BCUT2D eigenvalue weighted by atomic mass is 9.84. The Balaban J connectivity index is 1.22. The van der Waals surface area contributed by atoms with Crippen molar-refractivity contribution in [3.63, 3.8) is 0 Å².